The Morgan fingerprint density at radius 1 is 1.33 bits per heavy atom. The smallest absolute Gasteiger partial charge is 0.223 e. The van der Waals surface area contributed by atoms with Gasteiger partial charge in [0, 0.05) is 11.7 Å². The summed E-state index contributed by atoms with van der Waals surface area (Å²) in [4.78, 5) is 11.8. The van der Waals surface area contributed by atoms with Gasteiger partial charge in [-0.1, -0.05) is 0 Å². The number of anilines is 1. The summed E-state index contributed by atoms with van der Waals surface area (Å²) < 4.78 is 28.4. The van der Waals surface area contributed by atoms with Crippen LogP contribution < -0.4 is 15.8 Å². The van der Waals surface area contributed by atoms with Gasteiger partial charge < -0.3 is 15.8 Å². The zero-order chi connectivity index (χ0) is 15.3. The van der Waals surface area contributed by atoms with Gasteiger partial charge in [0.1, 0.15) is 5.75 Å². The first-order valence-corrected chi connectivity index (χ1v) is 8.75. The lowest BCUT2D eigenvalue weighted by atomic mass is 10.2. The van der Waals surface area contributed by atoms with E-state index in [0.29, 0.717) is 24.3 Å². The van der Waals surface area contributed by atoms with E-state index in [9.17, 15) is 13.2 Å². The van der Waals surface area contributed by atoms with E-state index in [4.69, 9.17) is 10.5 Å². The van der Waals surface area contributed by atoms with Crippen molar-refractivity contribution in [1.82, 2.24) is 5.32 Å². The average Bonchev–Trinajstić information content (AvgIpc) is 2.40. The van der Waals surface area contributed by atoms with Gasteiger partial charge in [0.25, 0.3) is 0 Å². The van der Waals surface area contributed by atoms with Crippen LogP contribution in [0.4, 0.5) is 5.69 Å². The molecule has 1 aromatic rings. The molecule has 7 heteroatoms. The summed E-state index contributed by atoms with van der Waals surface area (Å²) in [5.41, 5.74) is 6.21. The molecule has 116 valence electrons. The Hall–Kier alpha value is -1.76. The van der Waals surface area contributed by atoms with Crippen LogP contribution in [-0.4, -0.2) is 38.5 Å². The maximum Gasteiger partial charge on any atom is 0.223 e. The lowest BCUT2D eigenvalue weighted by Crippen LogP contribution is -2.43. The number of rotatable bonds is 5. The molecule has 0 bridgehead atoms. The van der Waals surface area contributed by atoms with Crippen LogP contribution in [0.1, 0.15) is 19.3 Å². The van der Waals surface area contributed by atoms with Crippen molar-refractivity contribution in [2.24, 2.45) is 0 Å². The first-order valence-electron chi connectivity index (χ1n) is 6.93. The molecule has 1 aliphatic rings. The van der Waals surface area contributed by atoms with E-state index < -0.39 is 9.84 Å². The fourth-order valence-corrected chi connectivity index (χ4v) is 3.90. The van der Waals surface area contributed by atoms with Crippen molar-refractivity contribution in [2.75, 3.05) is 23.8 Å². The second kappa shape index (κ2) is 6.80. The molecule has 1 saturated heterocycles. The Bertz CT molecular complexity index is 583. The molecule has 0 aromatic heterocycles. The van der Waals surface area contributed by atoms with Crippen LogP contribution in [0.25, 0.3) is 0 Å². The summed E-state index contributed by atoms with van der Waals surface area (Å²) in [5, 5.41) is 2.75. The third-order valence-corrected chi connectivity index (χ3v) is 5.13. The second-order valence-corrected chi connectivity index (χ2v) is 7.42. The van der Waals surface area contributed by atoms with E-state index in [2.05, 4.69) is 5.32 Å². The van der Waals surface area contributed by atoms with Gasteiger partial charge >= 0.3 is 0 Å². The largest absolute Gasteiger partial charge is 0.493 e. The normalized spacial score (nSPS) is 20.7. The topological polar surface area (TPSA) is 98.5 Å². The van der Waals surface area contributed by atoms with Gasteiger partial charge in [-0.15, -0.1) is 0 Å². The van der Waals surface area contributed by atoms with Gasteiger partial charge in [-0.3, -0.25) is 4.79 Å². The summed E-state index contributed by atoms with van der Waals surface area (Å²) in [6.07, 6.45) is 1.51. The van der Waals surface area contributed by atoms with Crippen LogP contribution in [0.3, 0.4) is 0 Å². The van der Waals surface area contributed by atoms with Crippen molar-refractivity contribution in [3.63, 3.8) is 0 Å². The minimum absolute atomic E-state index is 0.0392. The number of hydrogen-bond acceptors (Lipinski definition) is 5. The molecule has 1 unspecified atom stereocenters. The summed E-state index contributed by atoms with van der Waals surface area (Å²) in [6.45, 7) is 0.245. The van der Waals surface area contributed by atoms with Crippen molar-refractivity contribution < 1.29 is 17.9 Å². The molecule has 3 N–H and O–H groups in total. The monoisotopic (exact) mass is 312 g/mol. The van der Waals surface area contributed by atoms with Gasteiger partial charge in [0.2, 0.25) is 5.91 Å². The lowest BCUT2D eigenvalue weighted by Gasteiger charge is -2.22. The quantitative estimate of drug-likeness (QED) is 0.781. The predicted octanol–water partition coefficient (Wildman–Crippen LogP) is 0.731. The number of ether oxygens (including phenoxy) is 1. The molecule has 0 aliphatic carbocycles. The van der Waals surface area contributed by atoms with Crippen molar-refractivity contribution >= 4 is 21.4 Å². The maximum absolute atomic E-state index is 11.8. The number of nitrogens with one attached hydrogen (secondary N) is 1. The van der Waals surface area contributed by atoms with Crippen molar-refractivity contribution in [1.29, 1.82) is 0 Å². The molecule has 0 saturated carbocycles. The van der Waals surface area contributed by atoms with Crippen LogP contribution in [0.15, 0.2) is 24.3 Å². The summed E-state index contributed by atoms with van der Waals surface area (Å²) in [7, 11) is -3.00. The van der Waals surface area contributed by atoms with Crippen LogP contribution >= 0.6 is 0 Å². The molecule has 1 atom stereocenters. The van der Waals surface area contributed by atoms with Gasteiger partial charge in [-0.05, 0) is 37.1 Å². The Balaban J connectivity index is 1.71. The van der Waals surface area contributed by atoms with E-state index in [1.807, 2.05) is 0 Å². The summed E-state index contributed by atoms with van der Waals surface area (Å²) >= 11 is 0. The highest BCUT2D eigenvalue weighted by Crippen LogP contribution is 2.14. The van der Waals surface area contributed by atoms with Crippen molar-refractivity contribution in [3.05, 3.63) is 24.3 Å². The molecule has 21 heavy (non-hydrogen) atoms. The molecular weight excluding hydrogens is 292 g/mol. The predicted molar refractivity (Wildman–Crippen MR) is 80.8 cm³/mol. The highest BCUT2D eigenvalue weighted by Gasteiger charge is 2.25. The SMILES string of the molecule is Nc1ccc(OCCC(=O)NC2CCCS(=O)(=O)C2)cc1. The average molecular weight is 312 g/mol. The molecule has 1 aromatic carbocycles. The number of nitrogen functional groups attached to an aromatic ring is 1. The zero-order valence-electron chi connectivity index (χ0n) is 11.7. The molecule has 1 aliphatic heterocycles. The van der Waals surface area contributed by atoms with E-state index in [-0.39, 0.29) is 36.5 Å². The fourth-order valence-electron chi connectivity index (χ4n) is 2.26. The van der Waals surface area contributed by atoms with E-state index in [1.54, 1.807) is 24.3 Å². The third-order valence-electron chi connectivity index (χ3n) is 3.31. The minimum atomic E-state index is -3.00. The van der Waals surface area contributed by atoms with Crippen LogP contribution in [0.5, 0.6) is 5.75 Å². The van der Waals surface area contributed by atoms with Crippen LogP contribution in [0, 0.1) is 0 Å². The van der Waals surface area contributed by atoms with Crippen molar-refractivity contribution in [3.8, 4) is 5.75 Å². The number of carbonyl (C=O) groups excluding carboxylic acids is 1. The second-order valence-electron chi connectivity index (χ2n) is 5.19. The molecule has 2 rings (SSSR count). The standard InChI is InChI=1S/C14H20N2O4S/c15-11-3-5-13(6-4-11)20-8-7-14(17)16-12-2-1-9-21(18,19)10-12/h3-6,12H,1-2,7-10,15H2,(H,16,17). The van der Waals surface area contributed by atoms with Gasteiger partial charge in [-0.25, -0.2) is 8.42 Å². The lowest BCUT2D eigenvalue weighted by molar-refractivity contribution is -0.122. The number of amides is 1. The van der Waals surface area contributed by atoms with E-state index >= 15 is 0 Å². The van der Waals surface area contributed by atoms with Gasteiger partial charge in [0.05, 0.1) is 24.5 Å². The first-order chi connectivity index (χ1) is 9.94. The highest BCUT2D eigenvalue weighted by molar-refractivity contribution is 7.91. The summed E-state index contributed by atoms with van der Waals surface area (Å²) in [6, 6.07) is 6.65. The van der Waals surface area contributed by atoms with Crippen LogP contribution in [0.2, 0.25) is 0 Å². The Kier molecular flexibility index (Phi) is 5.06. The number of benzene rings is 1. The number of nitrogens with two attached hydrogens (primary N) is 1. The zero-order valence-corrected chi connectivity index (χ0v) is 12.6. The first kappa shape index (κ1) is 15.6. The number of sulfone groups is 1. The van der Waals surface area contributed by atoms with E-state index in [0.717, 1.165) is 0 Å². The number of carbonyl (C=O) groups is 1. The Morgan fingerprint density at radius 3 is 2.71 bits per heavy atom. The Morgan fingerprint density at radius 2 is 2.05 bits per heavy atom. The summed E-state index contributed by atoms with van der Waals surface area (Å²) in [5.74, 6) is 0.724. The van der Waals surface area contributed by atoms with E-state index in [1.165, 1.54) is 0 Å². The highest BCUT2D eigenvalue weighted by atomic mass is 32.2. The molecular formula is C14H20N2O4S. The molecule has 1 fully saturated rings. The molecule has 0 spiro atoms. The maximum atomic E-state index is 11.8. The van der Waals surface area contributed by atoms with Crippen molar-refractivity contribution in [2.45, 2.75) is 25.3 Å². The van der Waals surface area contributed by atoms with Crippen LogP contribution in [-0.2, 0) is 14.6 Å². The molecule has 1 heterocycles. The molecule has 0 radical (unpaired) electrons. The minimum Gasteiger partial charge on any atom is -0.493 e. The van der Waals surface area contributed by atoms with Gasteiger partial charge in [-0.2, -0.15) is 0 Å². The molecule has 6 nitrogen and oxygen atoms in total. The number of hydrogen-bond donors (Lipinski definition) is 2. The van der Waals surface area contributed by atoms with Gasteiger partial charge in [0.15, 0.2) is 9.84 Å². The Labute approximate surface area is 124 Å². The third kappa shape index (κ3) is 5.26. The fraction of sp³-hybridized carbons (Fsp3) is 0.500. The molecule has 1 amide bonds.